The fourth-order valence-electron chi connectivity index (χ4n) is 3.18. The number of hydrogen-bond acceptors (Lipinski definition) is 3. The highest BCUT2D eigenvalue weighted by Gasteiger charge is 2.29. The van der Waals surface area contributed by atoms with Crippen LogP contribution in [0.3, 0.4) is 0 Å². The Morgan fingerprint density at radius 1 is 1.29 bits per heavy atom. The van der Waals surface area contributed by atoms with Gasteiger partial charge in [-0.15, -0.1) is 0 Å². The average Bonchev–Trinajstić information content (AvgIpc) is 2.93. The molecule has 1 aromatic carbocycles. The smallest absolute Gasteiger partial charge is 0.274 e. The van der Waals surface area contributed by atoms with Crippen molar-refractivity contribution < 1.29 is 14.3 Å². The maximum Gasteiger partial charge on any atom is 0.274 e. The minimum absolute atomic E-state index is 0.0616. The molecule has 6 heteroatoms. The number of hydrogen-bond donors (Lipinski definition) is 1. The fraction of sp³-hybridized carbons (Fsp3) is 0.444. The Morgan fingerprint density at radius 3 is 2.46 bits per heavy atom. The van der Waals surface area contributed by atoms with Gasteiger partial charge in [-0.1, -0.05) is 12.1 Å². The van der Waals surface area contributed by atoms with E-state index in [0.29, 0.717) is 18.8 Å². The number of aliphatic hydroxyl groups excluding tert-OH is 1. The molecule has 1 atom stereocenters. The molecule has 0 bridgehead atoms. The number of likely N-dealkylation sites (tertiary alicyclic amines) is 1. The van der Waals surface area contributed by atoms with Crippen molar-refractivity contribution in [3.05, 3.63) is 53.1 Å². The maximum absolute atomic E-state index is 13.0. The molecule has 0 aliphatic carbocycles. The molecule has 1 saturated heterocycles. The van der Waals surface area contributed by atoms with Gasteiger partial charge >= 0.3 is 0 Å². The van der Waals surface area contributed by atoms with Gasteiger partial charge < -0.3 is 10.0 Å². The Hall–Kier alpha value is -2.21. The van der Waals surface area contributed by atoms with Gasteiger partial charge in [0.2, 0.25) is 0 Å². The van der Waals surface area contributed by atoms with Crippen LogP contribution in [-0.2, 0) is 7.05 Å². The monoisotopic (exact) mass is 331 g/mol. The molecule has 1 aliphatic rings. The van der Waals surface area contributed by atoms with E-state index >= 15 is 0 Å². The van der Waals surface area contributed by atoms with Crippen LogP contribution < -0.4 is 0 Å². The lowest BCUT2D eigenvalue weighted by Crippen LogP contribution is -2.40. The quantitative estimate of drug-likeness (QED) is 0.940. The Morgan fingerprint density at radius 2 is 1.92 bits per heavy atom. The number of amides is 1. The van der Waals surface area contributed by atoms with Crippen molar-refractivity contribution in [3.63, 3.8) is 0 Å². The Bertz CT molecular complexity index is 699. The van der Waals surface area contributed by atoms with Crippen molar-refractivity contribution in [2.24, 2.45) is 13.0 Å². The summed E-state index contributed by atoms with van der Waals surface area (Å²) in [5, 5.41) is 14.7. The highest BCUT2D eigenvalue weighted by molar-refractivity contribution is 5.92. The molecule has 1 fully saturated rings. The highest BCUT2D eigenvalue weighted by atomic mass is 19.1. The zero-order valence-corrected chi connectivity index (χ0v) is 13.9. The highest BCUT2D eigenvalue weighted by Crippen LogP contribution is 2.31. The Kier molecular flexibility index (Phi) is 4.66. The molecule has 1 unspecified atom stereocenters. The molecule has 1 N–H and O–H groups in total. The van der Waals surface area contributed by atoms with Crippen LogP contribution in [0.2, 0.25) is 0 Å². The van der Waals surface area contributed by atoms with Crippen molar-refractivity contribution in [2.75, 3.05) is 13.1 Å². The predicted octanol–water partition coefficient (Wildman–Crippen LogP) is 2.45. The summed E-state index contributed by atoms with van der Waals surface area (Å²) < 4.78 is 14.7. The second-order valence-corrected chi connectivity index (χ2v) is 6.42. The number of carbonyl (C=O) groups is 1. The zero-order chi connectivity index (χ0) is 17.3. The summed E-state index contributed by atoms with van der Waals surface area (Å²) in [7, 11) is 1.82. The van der Waals surface area contributed by atoms with E-state index in [0.717, 1.165) is 24.1 Å². The van der Waals surface area contributed by atoms with Crippen LogP contribution in [0, 0.1) is 18.7 Å². The van der Waals surface area contributed by atoms with Gasteiger partial charge in [0.15, 0.2) is 5.69 Å². The average molecular weight is 331 g/mol. The van der Waals surface area contributed by atoms with Crippen molar-refractivity contribution in [2.45, 2.75) is 25.9 Å². The largest absolute Gasteiger partial charge is 0.388 e. The van der Waals surface area contributed by atoms with Gasteiger partial charge in [0.25, 0.3) is 5.91 Å². The lowest BCUT2D eigenvalue weighted by atomic mass is 9.87. The van der Waals surface area contributed by atoms with Crippen molar-refractivity contribution >= 4 is 5.91 Å². The van der Waals surface area contributed by atoms with Gasteiger partial charge in [0, 0.05) is 25.8 Å². The number of aliphatic hydroxyl groups is 1. The van der Waals surface area contributed by atoms with Crippen LogP contribution in [-0.4, -0.2) is 38.8 Å². The first kappa shape index (κ1) is 16.6. The van der Waals surface area contributed by atoms with E-state index < -0.39 is 6.10 Å². The molecule has 1 amide bonds. The third-order valence-electron chi connectivity index (χ3n) is 4.82. The van der Waals surface area contributed by atoms with E-state index in [-0.39, 0.29) is 17.6 Å². The number of carbonyl (C=O) groups excluding carboxylic acids is 1. The third kappa shape index (κ3) is 3.33. The minimum atomic E-state index is -0.625. The van der Waals surface area contributed by atoms with Crippen LogP contribution >= 0.6 is 0 Å². The van der Waals surface area contributed by atoms with E-state index in [2.05, 4.69) is 5.10 Å². The molecule has 2 aromatic rings. The number of aryl methyl sites for hydroxylation is 2. The Balaban J connectivity index is 1.61. The predicted molar refractivity (Wildman–Crippen MR) is 87.9 cm³/mol. The Labute approximate surface area is 140 Å². The van der Waals surface area contributed by atoms with E-state index in [4.69, 9.17) is 0 Å². The zero-order valence-electron chi connectivity index (χ0n) is 13.9. The second kappa shape index (κ2) is 6.73. The molecule has 1 aliphatic heterocycles. The summed E-state index contributed by atoms with van der Waals surface area (Å²) in [4.78, 5) is 14.3. The molecular weight excluding hydrogens is 309 g/mol. The summed E-state index contributed by atoms with van der Waals surface area (Å²) >= 11 is 0. The first-order valence-corrected chi connectivity index (χ1v) is 8.19. The summed E-state index contributed by atoms with van der Waals surface area (Å²) in [5.41, 5.74) is 2.13. The van der Waals surface area contributed by atoms with Gasteiger partial charge in [-0.2, -0.15) is 5.10 Å². The van der Waals surface area contributed by atoms with Gasteiger partial charge in [0.1, 0.15) is 5.82 Å². The third-order valence-corrected chi connectivity index (χ3v) is 4.82. The standard InChI is InChI=1S/C18H22FN3O2/c1-12-11-16(20-21(12)2)18(24)22-9-7-14(8-10-22)17(23)13-3-5-15(19)6-4-13/h3-6,11,14,17,23H,7-10H2,1-2H3. The van der Waals surface area contributed by atoms with E-state index in [1.165, 1.54) is 12.1 Å². The first-order valence-electron chi connectivity index (χ1n) is 8.19. The lowest BCUT2D eigenvalue weighted by molar-refractivity contribution is 0.0458. The number of halogens is 1. The van der Waals surface area contributed by atoms with Crippen molar-refractivity contribution in [3.8, 4) is 0 Å². The summed E-state index contributed by atoms with van der Waals surface area (Å²) in [5.74, 6) is -0.296. The van der Waals surface area contributed by atoms with Crippen LogP contribution in [0.15, 0.2) is 30.3 Å². The normalized spacial score (nSPS) is 17.1. The molecule has 0 spiro atoms. The molecule has 1 aromatic heterocycles. The molecular formula is C18H22FN3O2. The number of piperidine rings is 1. The first-order chi connectivity index (χ1) is 11.5. The molecule has 0 saturated carbocycles. The van der Waals surface area contributed by atoms with E-state index in [1.54, 1.807) is 27.8 Å². The maximum atomic E-state index is 13.0. The second-order valence-electron chi connectivity index (χ2n) is 6.42. The van der Waals surface area contributed by atoms with Crippen molar-refractivity contribution in [1.29, 1.82) is 0 Å². The van der Waals surface area contributed by atoms with E-state index in [9.17, 15) is 14.3 Å². The van der Waals surface area contributed by atoms with Crippen LogP contribution in [0.5, 0.6) is 0 Å². The van der Waals surface area contributed by atoms with Gasteiger partial charge in [-0.3, -0.25) is 9.48 Å². The van der Waals surface area contributed by atoms with E-state index in [1.807, 2.05) is 14.0 Å². The number of aromatic nitrogens is 2. The molecule has 5 nitrogen and oxygen atoms in total. The number of rotatable bonds is 3. The molecule has 128 valence electrons. The van der Waals surface area contributed by atoms with Gasteiger partial charge in [0.05, 0.1) is 6.10 Å². The summed E-state index contributed by atoms with van der Waals surface area (Å²) in [6.45, 7) is 3.10. The number of nitrogens with zero attached hydrogens (tertiary/aromatic N) is 3. The molecule has 0 radical (unpaired) electrons. The van der Waals surface area contributed by atoms with Crippen LogP contribution in [0.1, 0.15) is 40.7 Å². The molecule has 24 heavy (non-hydrogen) atoms. The van der Waals surface area contributed by atoms with Gasteiger partial charge in [-0.25, -0.2) is 4.39 Å². The van der Waals surface area contributed by atoms with Gasteiger partial charge in [-0.05, 0) is 49.4 Å². The fourth-order valence-corrected chi connectivity index (χ4v) is 3.18. The summed E-state index contributed by atoms with van der Waals surface area (Å²) in [6.07, 6.45) is 0.812. The molecule has 3 rings (SSSR count). The molecule has 2 heterocycles. The van der Waals surface area contributed by atoms with Crippen LogP contribution in [0.25, 0.3) is 0 Å². The summed E-state index contributed by atoms with van der Waals surface area (Å²) in [6, 6.07) is 7.76. The van der Waals surface area contributed by atoms with Crippen molar-refractivity contribution in [1.82, 2.24) is 14.7 Å². The topological polar surface area (TPSA) is 58.4 Å². The SMILES string of the molecule is Cc1cc(C(=O)N2CCC(C(O)c3ccc(F)cc3)CC2)nn1C. The minimum Gasteiger partial charge on any atom is -0.388 e. The number of benzene rings is 1. The van der Waals surface area contributed by atoms with Crippen LogP contribution in [0.4, 0.5) is 4.39 Å². The lowest BCUT2D eigenvalue weighted by Gasteiger charge is -2.34.